The van der Waals surface area contributed by atoms with Gasteiger partial charge in [-0.15, -0.1) is 0 Å². The number of nitrogens with zero attached hydrogens (tertiary/aromatic N) is 6. The first-order chi connectivity index (χ1) is 20.0. The van der Waals surface area contributed by atoms with Gasteiger partial charge in [0, 0.05) is 57.4 Å². The predicted octanol–water partition coefficient (Wildman–Crippen LogP) is 3.70. The Kier molecular flexibility index (Phi) is 6.58. The number of halogens is 2. The molecule has 41 heavy (non-hydrogen) atoms. The number of piperazine rings is 1. The van der Waals surface area contributed by atoms with E-state index in [0.717, 1.165) is 6.54 Å². The number of rotatable bonds is 7. The van der Waals surface area contributed by atoms with Crippen molar-refractivity contribution in [3.8, 4) is 17.6 Å². The minimum atomic E-state index is -0.648. The molecular formula is C28H28ClFN8O3. The Morgan fingerprint density at radius 2 is 2.00 bits per heavy atom. The molecule has 5 heterocycles. The van der Waals surface area contributed by atoms with E-state index in [0.29, 0.717) is 72.2 Å². The van der Waals surface area contributed by atoms with Crippen LogP contribution in [0.4, 0.5) is 10.2 Å². The Hall–Kier alpha value is -4.03. The molecule has 1 aromatic carbocycles. The number of carbonyl (C=O) groups excluding carboxylic acids is 1. The van der Waals surface area contributed by atoms with Gasteiger partial charge in [-0.2, -0.15) is 15.1 Å². The lowest BCUT2D eigenvalue weighted by Gasteiger charge is -2.35. The monoisotopic (exact) mass is 578 g/mol. The molecule has 1 amide bonds. The molecule has 3 fully saturated rings. The number of anilines is 1. The van der Waals surface area contributed by atoms with E-state index < -0.39 is 5.82 Å². The Balaban J connectivity index is 1.30. The summed E-state index contributed by atoms with van der Waals surface area (Å²) in [4.78, 5) is 30.1. The first kappa shape index (κ1) is 25.9. The highest BCUT2D eigenvalue weighted by Crippen LogP contribution is 2.42. The quantitative estimate of drug-likeness (QED) is 0.316. The summed E-state index contributed by atoms with van der Waals surface area (Å²) in [6.07, 6.45) is 6.80. The number of H-pyrrole nitrogens is 1. The van der Waals surface area contributed by atoms with Gasteiger partial charge in [-0.05, 0) is 30.9 Å². The zero-order chi connectivity index (χ0) is 28.1. The van der Waals surface area contributed by atoms with Crippen molar-refractivity contribution in [2.45, 2.75) is 18.9 Å². The fraction of sp³-hybridized carbons (Fsp3) is 0.393. The number of pyridine rings is 1. The van der Waals surface area contributed by atoms with Gasteiger partial charge in [0.2, 0.25) is 11.8 Å². The lowest BCUT2D eigenvalue weighted by molar-refractivity contribution is -0.126. The molecular weight excluding hydrogens is 551 g/mol. The van der Waals surface area contributed by atoms with Gasteiger partial charge in [0.25, 0.3) is 0 Å². The topological polar surface area (TPSA) is 121 Å². The molecule has 3 aliphatic rings. The molecule has 1 saturated carbocycles. The van der Waals surface area contributed by atoms with Gasteiger partial charge in [0.1, 0.15) is 28.3 Å². The number of aromatic nitrogens is 5. The molecule has 13 heteroatoms. The summed E-state index contributed by atoms with van der Waals surface area (Å²) in [6.45, 7) is 7.39. The highest BCUT2D eigenvalue weighted by molar-refractivity contribution is 6.33. The molecule has 1 unspecified atom stereocenters. The summed E-state index contributed by atoms with van der Waals surface area (Å²) in [5, 5.41) is 11.2. The molecule has 11 nitrogen and oxygen atoms in total. The van der Waals surface area contributed by atoms with Crippen LogP contribution in [-0.4, -0.2) is 81.3 Å². The van der Waals surface area contributed by atoms with Crippen LogP contribution in [0.2, 0.25) is 5.02 Å². The van der Waals surface area contributed by atoms with Crippen molar-refractivity contribution in [3.63, 3.8) is 0 Å². The van der Waals surface area contributed by atoms with E-state index >= 15 is 0 Å². The van der Waals surface area contributed by atoms with Crippen molar-refractivity contribution in [1.82, 2.24) is 35.4 Å². The lowest BCUT2D eigenvalue weighted by atomic mass is 10.0. The van der Waals surface area contributed by atoms with Crippen LogP contribution in [-0.2, 0) is 4.79 Å². The molecule has 1 aliphatic carbocycles. The molecule has 0 spiro atoms. The van der Waals surface area contributed by atoms with Gasteiger partial charge < -0.3 is 24.6 Å². The molecule has 0 radical (unpaired) electrons. The van der Waals surface area contributed by atoms with E-state index in [1.54, 1.807) is 11.1 Å². The number of carbonyl (C=O) groups is 1. The third kappa shape index (κ3) is 4.80. The van der Waals surface area contributed by atoms with Crippen LogP contribution in [0.15, 0.2) is 37.2 Å². The van der Waals surface area contributed by atoms with Crippen molar-refractivity contribution in [1.29, 1.82) is 0 Å². The van der Waals surface area contributed by atoms with Crippen LogP contribution in [0.5, 0.6) is 17.6 Å². The third-order valence-electron chi connectivity index (χ3n) is 8.09. The minimum Gasteiger partial charge on any atom is -0.458 e. The van der Waals surface area contributed by atoms with E-state index in [1.807, 2.05) is 6.07 Å². The fourth-order valence-electron chi connectivity index (χ4n) is 5.77. The number of benzene rings is 1. The van der Waals surface area contributed by atoms with Crippen LogP contribution >= 0.6 is 11.6 Å². The van der Waals surface area contributed by atoms with Crippen LogP contribution < -0.4 is 19.7 Å². The maximum absolute atomic E-state index is 14.7. The second kappa shape index (κ2) is 10.4. The second-order valence-corrected chi connectivity index (χ2v) is 11.0. The van der Waals surface area contributed by atoms with Crippen LogP contribution in [0.25, 0.3) is 21.8 Å². The number of nitrogens with one attached hydrogen (secondary N) is 2. The van der Waals surface area contributed by atoms with E-state index in [2.05, 4.69) is 32.0 Å². The van der Waals surface area contributed by atoms with Crippen molar-refractivity contribution >= 4 is 45.1 Å². The standard InChI is InChI=1S/C28H28ClFN8O3/c1-2-22(39)37-7-9-38(10-8-37)26-16-5-6-32-27(41-25-18-13-33-36-20(18)11-19(30)23(25)29)24(16)34-28(35-26)40-21-14-31-12-17(21)15-3-4-15/h2,5-6,11,13,15,17,21,31H,1,3-4,7-10,12,14H2,(H,33,36)/t17?,21-/m1/s1. The van der Waals surface area contributed by atoms with Crippen molar-refractivity contribution in [3.05, 3.63) is 48.0 Å². The average Bonchev–Trinajstić information content (AvgIpc) is 3.55. The van der Waals surface area contributed by atoms with E-state index in [9.17, 15) is 9.18 Å². The van der Waals surface area contributed by atoms with E-state index in [-0.39, 0.29) is 34.7 Å². The van der Waals surface area contributed by atoms with E-state index in [4.69, 9.17) is 31.0 Å². The number of aromatic amines is 1. The van der Waals surface area contributed by atoms with Crippen LogP contribution in [0.3, 0.4) is 0 Å². The average molecular weight is 579 g/mol. The highest BCUT2D eigenvalue weighted by Gasteiger charge is 2.41. The van der Waals surface area contributed by atoms with Crippen LogP contribution in [0, 0.1) is 17.7 Å². The SMILES string of the molecule is C=CC(=O)N1CCN(c2nc(O[C@@H]3CNCC3C3CC3)nc3c(Oc4c(Cl)c(F)cc5[nH]ncc45)nccc23)CC1. The van der Waals surface area contributed by atoms with Gasteiger partial charge in [0.05, 0.1) is 22.5 Å². The Labute approximate surface area is 239 Å². The molecule has 3 aromatic heterocycles. The smallest absolute Gasteiger partial charge is 0.319 e. The molecule has 212 valence electrons. The zero-order valence-electron chi connectivity index (χ0n) is 22.1. The van der Waals surface area contributed by atoms with Gasteiger partial charge in [-0.25, -0.2) is 9.37 Å². The lowest BCUT2D eigenvalue weighted by Crippen LogP contribution is -2.48. The van der Waals surface area contributed by atoms with Gasteiger partial charge in [-0.3, -0.25) is 9.89 Å². The summed E-state index contributed by atoms with van der Waals surface area (Å²) < 4.78 is 27.3. The number of hydrogen-bond donors (Lipinski definition) is 2. The Morgan fingerprint density at radius 1 is 1.17 bits per heavy atom. The second-order valence-electron chi connectivity index (χ2n) is 10.6. The normalized spacial score (nSPS) is 21.0. The summed E-state index contributed by atoms with van der Waals surface area (Å²) in [5.41, 5.74) is 0.844. The Morgan fingerprint density at radius 3 is 2.78 bits per heavy atom. The number of amides is 1. The molecule has 7 rings (SSSR count). The third-order valence-corrected chi connectivity index (χ3v) is 8.44. The number of fused-ring (bicyclic) bond motifs is 2. The van der Waals surface area contributed by atoms with Gasteiger partial charge in [0.15, 0.2) is 5.75 Å². The molecule has 4 aromatic rings. The summed E-state index contributed by atoms with van der Waals surface area (Å²) >= 11 is 6.35. The van der Waals surface area contributed by atoms with Crippen molar-refractivity contribution < 1.29 is 18.7 Å². The predicted molar refractivity (Wildman–Crippen MR) is 151 cm³/mol. The maximum atomic E-state index is 14.7. The summed E-state index contributed by atoms with van der Waals surface area (Å²) in [7, 11) is 0. The molecule has 2 N–H and O–H groups in total. The molecule has 2 saturated heterocycles. The first-order valence-electron chi connectivity index (χ1n) is 13.7. The maximum Gasteiger partial charge on any atom is 0.319 e. The largest absolute Gasteiger partial charge is 0.458 e. The Bertz CT molecular complexity index is 1650. The fourth-order valence-corrected chi connectivity index (χ4v) is 5.96. The zero-order valence-corrected chi connectivity index (χ0v) is 22.9. The molecule has 2 aliphatic heterocycles. The van der Waals surface area contributed by atoms with Gasteiger partial charge in [-0.1, -0.05) is 18.2 Å². The summed E-state index contributed by atoms with van der Waals surface area (Å²) in [5.74, 6) is 1.17. The number of ether oxygens (including phenoxy) is 2. The van der Waals surface area contributed by atoms with Crippen molar-refractivity contribution in [2.24, 2.45) is 11.8 Å². The molecule has 0 bridgehead atoms. The highest BCUT2D eigenvalue weighted by atomic mass is 35.5. The first-order valence-corrected chi connectivity index (χ1v) is 14.1. The van der Waals surface area contributed by atoms with Crippen LogP contribution in [0.1, 0.15) is 12.8 Å². The van der Waals surface area contributed by atoms with Gasteiger partial charge >= 0.3 is 6.01 Å². The van der Waals surface area contributed by atoms with Crippen molar-refractivity contribution in [2.75, 3.05) is 44.2 Å². The molecule has 2 atom stereocenters. The minimum absolute atomic E-state index is 0.0564. The number of hydrogen-bond acceptors (Lipinski definition) is 9. The van der Waals surface area contributed by atoms with E-state index in [1.165, 1.54) is 31.2 Å². The summed E-state index contributed by atoms with van der Waals surface area (Å²) in [6, 6.07) is 3.30.